The molecule has 2 heterocycles. The Kier molecular flexibility index (Phi) is 1.29. The summed E-state index contributed by atoms with van der Waals surface area (Å²) in [5, 5.41) is 2.93. The van der Waals surface area contributed by atoms with Crippen LogP contribution in [0.2, 0.25) is 0 Å². The summed E-state index contributed by atoms with van der Waals surface area (Å²) in [5.41, 5.74) is 0.963. The van der Waals surface area contributed by atoms with Gasteiger partial charge in [0.1, 0.15) is 5.75 Å². The fourth-order valence-electron chi connectivity index (χ4n) is 0.907. The molecule has 1 aliphatic rings. The molecule has 3 nitrogen and oxygen atoms in total. The largest absolute Gasteiger partial charge is 0.468 e. The minimum absolute atomic E-state index is 0.760. The first kappa shape index (κ1) is 5.68. The van der Waals surface area contributed by atoms with E-state index in [1.165, 1.54) is 0 Å². The zero-order valence-corrected chi connectivity index (χ0v) is 5.37. The fourth-order valence-corrected chi connectivity index (χ4v) is 0.907. The summed E-state index contributed by atoms with van der Waals surface area (Å²) in [6.45, 7) is 2.33. The fraction of sp³-hybridized carbons (Fsp3) is 0.143. The van der Waals surface area contributed by atoms with Gasteiger partial charge in [0.15, 0.2) is 0 Å². The van der Waals surface area contributed by atoms with Gasteiger partial charge in [0.05, 0.1) is 5.69 Å². The van der Waals surface area contributed by atoms with Crippen LogP contribution in [0.1, 0.15) is 5.69 Å². The molecule has 0 aliphatic carbocycles. The number of aromatic nitrogens is 1. The minimum Gasteiger partial charge on any atom is -0.468 e. The average molecular weight is 135 g/mol. The highest BCUT2D eigenvalue weighted by molar-refractivity contribution is 5.28. The lowest BCUT2D eigenvalue weighted by Gasteiger charge is -2.14. The van der Waals surface area contributed by atoms with Crippen molar-refractivity contribution in [2.45, 2.75) is 6.54 Å². The number of nitrogens with zero attached hydrogens (tertiary/aromatic N) is 1. The summed E-state index contributed by atoms with van der Waals surface area (Å²) < 4.78 is 5.12. The molecule has 0 saturated carbocycles. The van der Waals surface area contributed by atoms with Crippen LogP contribution in [-0.4, -0.2) is 4.98 Å². The first-order valence-electron chi connectivity index (χ1n) is 3.12. The molecule has 3 heteroatoms. The van der Waals surface area contributed by atoms with Crippen LogP contribution >= 0.6 is 0 Å². The highest BCUT2D eigenvalue weighted by atomic mass is 16.5. The van der Waals surface area contributed by atoms with Crippen molar-refractivity contribution in [3.63, 3.8) is 0 Å². The second kappa shape index (κ2) is 2.27. The van der Waals surface area contributed by atoms with Crippen LogP contribution in [0.15, 0.2) is 18.3 Å². The van der Waals surface area contributed by atoms with Crippen LogP contribution in [0.3, 0.4) is 0 Å². The maximum atomic E-state index is 5.12. The predicted molar refractivity (Wildman–Crippen MR) is 36.0 cm³/mol. The van der Waals surface area contributed by atoms with E-state index in [1.54, 1.807) is 12.9 Å². The summed E-state index contributed by atoms with van der Waals surface area (Å²) in [6.07, 6.45) is 1.76. The number of rotatable bonds is 0. The monoisotopic (exact) mass is 135 g/mol. The van der Waals surface area contributed by atoms with Gasteiger partial charge in [-0.3, -0.25) is 10.3 Å². The third-order valence-corrected chi connectivity index (χ3v) is 1.39. The van der Waals surface area contributed by atoms with E-state index in [1.807, 2.05) is 12.1 Å². The Morgan fingerprint density at radius 1 is 1.60 bits per heavy atom. The van der Waals surface area contributed by atoms with Crippen LogP contribution in [0.25, 0.3) is 0 Å². The molecule has 2 rings (SSSR count). The van der Waals surface area contributed by atoms with Crippen molar-refractivity contribution in [2.75, 3.05) is 0 Å². The number of hydrogen-bond donors (Lipinski definition) is 1. The maximum Gasteiger partial charge on any atom is 0.201 e. The molecule has 0 amide bonds. The molecule has 10 heavy (non-hydrogen) atoms. The third kappa shape index (κ3) is 0.844. The van der Waals surface area contributed by atoms with E-state index in [9.17, 15) is 0 Å². The van der Waals surface area contributed by atoms with Crippen molar-refractivity contribution < 1.29 is 4.74 Å². The van der Waals surface area contributed by atoms with Crippen molar-refractivity contribution >= 4 is 0 Å². The Morgan fingerprint density at radius 2 is 2.60 bits per heavy atom. The second-order valence-corrected chi connectivity index (χ2v) is 2.06. The van der Waals surface area contributed by atoms with E-state index in [0.29, 0.717) is 0 Å². The van der Waals surface area contributed by atoms with Gasteiger partial charge in [0.25, 0.3) is 0 Å². The zero-order chi connectivity index (χ0) is 6.81. The SMILES string of the molecule is [CH]1NCc2ncccc2O1. The number of pyridine rings is 1. The Morgan fingerprint density at radius 3 is 3.50 bits per heavy atom. The Labute approximate surface area is 59.0 Å². The van der Waals surface area contributed by atoms with E-state index in [0.717, 1.165) is 18.0 Å². The Bertz CT molecular complexity index is 212. The quantitative estimate of drug-likeness (QED) is 0.568. The number of nitrogens with one attached hydrogen (secondary N) is 1. The van der Waals surface area contributed by atoms with E-state index in [2.05, 4.69) is 10.3 Å². The highest BCUT2D eigenvalue weighted by Crippen LogP contribution is 2.18. The first-order chi connectivity index (χ1) is 4.97. The topological polar surface area (TPSA) is 34.2 Å². The highest BCUT2D eigenvalue weighted by Gasteiger charge is 2.08. The van der Waals surface area contributed by atoms with Crippen molar-refractivity contribution in [2.24, 2.45) is 0 Å². The number of ether oxygens (including phenoxy) is 1. The summed E-state index contributed by atoms with van der Waals surface area (Å²) in [7, 11) is 0. The van der Waals surface area contributed by atoms with Crippen molar-refractivity contribution in [3.05, 3.63) is 30.8 Å². The second-order valence-electron chi connectivity index (χ2n) is 2.06. The van der Waals surface area contributed by atoms with E-state index in [-0.39, 0.29) is 0 Å². The molecule has 0 aromatic carbocycles. The van der Waals surface area contributed by atoms with Gasteiger partial charge in [0, 0.05) is 12.7 Å². The first-order valence-corrected chi connectivity index (χ1v) is 3.12. The molecule has 0 unspecified atom stereocenters. The van der Waals surface area contributed by atoms with Gasteiger partial charge in [-0.15, -0.1) is 0 Å². The van der Waals surface area contributed by atoms with Crippen molar-refractivity contribution in [1.29, 1.82) is 0 Å². The molecule has 1 N–H and O–H groups in total. The summed E-state index contributed by atoms with van der Waals surface area (Å²) in [5.74, 6) is 0.848. The van der Waals surface area contributed by atoms with Gasteiger partial charge in [-0.05, 0) is 12.1 Å². The molecule has 51 valence electrons. The summed E-state index contributed by atoms with van der Waals surface area (Å²) >= 11 is 0. The molecule has 1 aromatic rings. The molecule has 0 bridgehead atoms. The number of hydrogen-bond acceptors (Lipinski definition) is 3. The molecule has 1 aromatic heterocycles. The van der Waals surface area contributed by atoms with Crippen molar-refractivity contribution in [1.82, 2.24) is 10.3 Å². The van der Waals surface area contributed by atoms with Gasteiger partial charge in [-0.25, -0.2) is 0 Å². The maximum absolute atomic E-state index is 5.12. The van der Waals surface area contributed by atoms with Gasteiger partial charge in [-0.1, -0.05) is 0 Å². The predicted octanol–water partition coefficient (Wildman–Crippen LogP) is 0.683. The van der Waals surface area contributed by atoms with Gasteiger partial charge < -0.3 is 4.74 Å². The van der Waals surface area contributed by atoms with Crippen LogP contribution in [0.4, 0.5) is 0 Å². The standard InChI is InChI=1S/C7H7N2O/c1-2-7-6(9-3-1)4-8-5-10-7/h1-3,5,8H,4H2. The van der Waals surface area contributed by atoms with E-state index >= 15 is 0 Å². The van der Waals surface area contributed by atoms with E-state index < -0.39 is 0 Å². The van der Waals surface area contributed by atoms with Crippen molar-refractivity contribution in [3.8, 4) is 5.75 Å². The Balaban J connectivity index is 2.41. The lowest BCUT2D eigenvalue weighted by Crippen LogP contribution is -2.20. The summed E-state index contributed by atoms with van der Waals surface area (Å²) in [6, 6.07) is 3.76. The molecule has 0 spiro atoms. The smallest absolute Gasteiger partial charge is 0.201 e. The molecule has 1 radical (unpaired) electrons. The average Bonchev–Trinajstić information content (AvgIpc) is 2.05. The van der Waals surface area contributed by atoms with Gasteiger partial charge >= 0.3 is 0 Å². The Hall–Kier alpha value is -1.09. The minimum atomic E-state index is 0.760. The van der Waals surface area contributed by atoms with Crippen LogP contribution in [0, 0.1) is 6.73 Å². The lowest BCUT2D eigenvalue weighted by atomic mass is 10.3. The van der Waals surface area contributed by atoms with E-state index in [4.69, 9.17) is 4.74 Å². The van der Waals surface area contributed by atoms with Gasteiger partial charge in [0.2, 0.25) is 6.73 Å². The molecule has 0 fully saturated rings. The molecular formula is C7H7N2O. The third-order valence-electron chi connectivity index (χ3n) is 1.39. The molecule has 0 saturated heterocycles. The zero-order valence-electron chi connectivity index (χ0n) is 5.37. The lowest BCUT2D eigenvalue weighted by molar-refractivity contribution is 0.333. The molecule has 0 atom stereocenters. The van der Waals surface area contributed by atoms with Gasteiger partial charge in [-0.2, -0.15) is 0 Å². The normalized spacial score (nSPS) is 15.6. The summed E-state index contributed by atoms with van der Waals surface area (Å²) in [4.78, 5) is 4.11. The molecule has 1 aliphatic heterocycles. The number of fused-ring (bicyclic) bond motifs is 1. The van der Waals surface area contributed by atoms with Crippen LogP contribution in [-0.2, 0) is 6.54 Å². The molecular weight excluding hydrogens is 128 g/mol. The van der Waals surface area contributed by atoms with Crippen LogP contribution in [0.5, 0.6) is 5.75 Å². The van der Waals surface area contributed by atoms with Crippen LogP contribution < -0.4 is 10.1 Å².